The average molecular weight is 129 g/mol. The number of oxime groups is 1. The Morgan fingerprint density at radius 1 is 1.33 bits per heavy atom. The summed E-state index contributed by atoms with van der Waals surface area (Å²) in [6.07, 6.45) is 4.13. The highest BCUT2D eigenvalue weighted by atomic mass is 16.5. The molecule has 0 unspecified atom stereocenters. The summed E-state index contributed by atoms with van der Waals surface area (Å²) in [5.41, 5.74) is 0. The number of hydrogen-bond acceptors (Lipinski definition) is 3. The maximum absolute atomic E-state index is 8.28. The van der Waals surface area contributed by atoms with Crippen LogP contribution in [0, 0.1) is 0 Å². The van der Waals surface area contributed by atoms with Crippen LogP contribution in [0.5, 0.6) is 0 Å². The summed E-state index contributed by atoms with van der Waals surface area (Å²) in [5, 5.41) is 11.3. The van der Waals surface area contributed by atoms with E-state index in [9.17, 15) is 0 Å². The van der Waals surface area contributed by atoms with Crippen LogP contribution in [-0.2, 0) is 4.74 Å². The van der Waals surface area contributed by atoms with Crippen LogP contribution in [0.2, 0.25) is 0 Å². The van der Waals surface area contributed by atoms with E-state index in [0.29, 0.717) is 12.5 Å². The van der Waals surface area contributed by atoms with Crippen LogP contribution in [0.15, 0.2) is 5.16 Å². The van der Waals surface area contributed by atoms with Gasteiger partial charge in [0.05, 0.1) is 6.61 Å². The maximum Gasteiger partial charge on any atom is 0.225 e. The fraction of sp³-hybridized carbons (Fsp3) is 0.833. The third-order valence-electron chi connectivity index (χ3n) is 1.42. The summed E-state index contributed by atoms with van der Waals surface area (Å²) < 4.78 is 5.05. The van der Waals surface area contributed by atoms with Crippen LogP contribution in [0.3, 0.4) is 0 Å². The number of hydrogen-bond donors (Lipinski definition) is 1. The van der Waals surface area contributed by atoms with Gasteiger partial charge in [-0.15, -0.1) is 0 Å². The molecule has 1 heterocycles. The van der Waals surface area contributed by atoms with E-state index in [1.165, 1.54) is 6.42 Å². The van der Waals surface area contributed by atoms with Crippen molar-refractivity contribution in [2.24, 2.45) is 5.16 Å². The molecule has 0 spiro atoms. The fourth-order valence-electron chi connectivity index (χ4n) is 0.896. The van der Waals surface area contributed by atoms with Gasteiger partial charge < -0.3 is 9.94 Å². The first-order valence-corrected chi connectivity index (χ1v) is 3.27. The van der Waals surface area contributed by atoms with E-state index in [1.807, 2.05) is 0 Å². The number of nitrogens with zero attached hydrogens (tertiary/aromatic N) is 1. The van der Waals surface area contributed by atoms with Crippen molar-refractivity contribution in [3.8, 4) is 0 Å². The lowest BCUT2D eigenvalue weighted by molar-refractivity contribution is 0.253. The second-order valence-electron chi connectivity index (χ2n) is 2.15. The third-order valence-corrected chi connectivity index (χ3v) is 1.42. The van der Waals surface area contributed by atoms with Crippen molar-refractivity contribution in [3.63, 3.8) is 0 Å². The van der Waals surface area contributed by atoms with Gasteiger partial charge in [-0.05, 0) is 19.3 Å². The van der Waals surface area contributed by atoms with Crippen molar-refractivity contribution >= 4 is 5.90 Å². The molecule has 0 bridgehead atoms. The summed E-state index contributed by atoms with van der Waals surface area (Å²) in [6, 6.07) is 0. The Bertz CT molecular complexity index is 102. The minimum Gasteiger partial charge on any atom is -0.479 e. The SMILES string of the molecule is ON=C1CCCCCO1. The lowest BCUT2D eigenvalue weighted by Crippen LogP contribution is -2.01. The van der Waals surface area contributed by atoms with Crippen LogP contribution < -0.4 is 0 Å². The van der Waals surface area contributed by atoms with Gasteiger partial charge in [0.25, 0.3) is 0 Å². The molecule has 52 valence electrons. The Kier molecular flexibility index (Phi) is 2.36. The Morgan fingerprint density at radius 2 is 2.22 bits per heavy atom. The smallest absolute Gasteiger partial charge is 0.225 e. The average Bonchev–Trinajstić information content (AvgIpc) is 2.13. The molecule has 0 aromatic carbocycles. The van der Waals surface area contributed by atoms with Crippen LogP contribution in [-0.4, -0.2) is 17.7 Å². The molecule has 0 atom stereocenters. The van der Waals surface area contributed by atoms with E-state index >= 15 is 0 Å². The van der Waals surface area contributed by atoms with Gasteiger partial charge in [0.15, 0.2) is 0 Å². The van der Waals surface area contributed by atoms with Crippen molar-refractivity contribution in [2.75, 3.05) is 6.61 Å². The van der Waals surface area contributed by atoms with Gasteiger partial charge in [-0.1, -0.05) is 5.16 Å². The lowest BCUT2D eigenvalue weighted by atomic mass is 10.2. The monoisotopic (exact) mass is 129 g/mol. The third kappa shape index (κ3) is 1.91. The normalized spacial score (nSPS) is 25.1. The Morgan fingerprint density at radius 3 is 3.00 bits per heavy atom. The van der Waals surface area contributed by atoms with Crippen LogP contribution in [0.4, 0.5) is 0 Å². The molecule has 9 heavy (non-hydrogen) atoms. The van der Waals surface area contributed by atoms with E-state index in [2.05, 4.69) is 5.16 Å². The first-order chi connectivity index (χ1) is 4.43. The van der Waals surface area contributed by atoms with Crippen molar-refractivity contribution in [1.82, 2.24) is 0 Å². The molecule has 1 aliphatic rings. The second-order valence-corrected chi connectivity index (χ2v) is 2.15. The molecule has 1 aliphatic heterocycles. The van der Waals surface area contributed by atoms with Crippen LogP contribution >= 0.6 is 0 Å². The van der Waals surface area contributed by atoms with Crippen molar-refractivity contribution in [1.29, 1.82) is 0 Å². The van der Waals surface area contributed by atoms with Crippen molar-refractivity contribution in [2.45, 2.75) is 25.7 Å². The van der Waals surface area contributed by atoms with Crippen molar-refractivity contribution in [3.05, 3.63) is 0 Å². The number of rotatable bonds is 0. The summed E-state index contributed by atoms with van der Waals surface area (Å²) in [4.78, 5) is 0. The molecule has 1 fully saturated rings. The van der Waals surface area contributed by atoms with E-state index in [-0.39, 0.29) is 0 Å². The molecule has 0 amide bonds. The van der Waals surface area contributed by atoms with Gasteiger partial charge in [-0.25, -0.2) is 0 Å². The largest absolute Gasteiger partial charge is 0.479 e. The predicted octanol–water partition coefficient (Wildman–Crippen LogP) is 1.36. The summed E-state index contributed by atoms with van der Waals surface area (Å²) in [7, 11) is 0. The fourth-order valence-corrected chi connectivity index (χ4v) is 0.896. The van der Waals surface area contributed by atoms with Gasteiger partial charge in [-0.2, -0.15) is 0 Å². The molecule has 3 heteroatoms. The highest BCUT2D eigenvalue weighted by Crippen LogP contribution is 2.07. The molecular formula is C6H11NO2. The Balaban J connectivity index is 2.36. The second kappa shape index (κ2) is 3.33. The van der Waals surface area contributed by atoms with E-state index in [4.69, 9.17) is 9.94 Å². The van der Waals surface area contributed by atoms with Crippen LogP contribution in [0.25, 0.3) is 0 Å². The molecule has 0 aromatic heterocycles. The maximum atomic E-state index is 8.28. The van der Waals surface area contributed by atoms with Gasteiger partial charge in [0.1, 0.15) is 0 Å². The number of ether oxygens (including phenoxy) is 1. The molecule has 0 radical (unpaired) electrons. The Hall–Kier alpha value is -0.730. The lowest BCUT2D eigenvalue weighted by Gasteiger charge is -1.98. The highest BCUT2D eigenvalue weighted by Gasteiger charge is 2.05. The minimum atomic E-state index is 0.493. The molecule has 1 N–H and O–H groups in total. The highest BCUT2D eigenvalue weighted by molar-refractivity contribution is 5.75. The minimum absolute atomic E-state index is 0.493. The van der Waals surface area contributed by atoms with Gasteiger partial charge in [0, 0.05) is 6.42 Å². The summed E-state index contributed by atoms with van der Waals surface area (Å²) >= 11 is 0. The zero-order chi connectivity index (χ0) is 6.53. The zero-order valence-electron chi connectivity index (χ0n) is 5.34. The molecule has 0 saturated carbocycles. The molecule has 1 saturated heterocycles. The molecule has 0 aliphatic carbocycles. The first kappa shape index (κ1) is 6.39. The molecular weight excluding hydrogens is 118 g/mol. The quantitative estimate of drug-likeness (QED) is 0.396. The summed E-state index contributed by atoms with van der Waals surface area (Å²) in [6.45, 7) is 0.708. The molecule has 3 nitrogen and oxygen atoms in total. The first-order valence-electron chi connectivity index (χ1n) is 3.27. The zero-order valence-corrected chi connectivity index (χ0v) is 5.34. The predicted molar refractivity (Wildman–Crippen MR) is 33.6 cm³/mol. The van der Waals surface area contributed by atoms with E-state index in [0.717, 1.165) is 19.3 Å². The summed E-state index contributed by atoms with van der Waals surface area (Å²) in [5.74, 6) is 0.493. The van der Waals surface area contributed by atoms with E-state index in [1.54, 1.807) is 0 Å². The van der Waals surface area contributed by atoms with Gasteiger partial charge >= 0.3 is 0 Å². The topological polar surface area (TPSA) is 41.8 Å². The van der Waals surface area contributed by atoms with E-state index < -0.39 is 0 Å². The van der Waals surface area contributed by atoms with Crippen molar-refractivity contribution < 1.29 is 9.94 Å². The standard InChI is InChI=1S/C6H11NO2/c8-7-6-4-2-1-3-5-9-6/h8H,1-5H2. The Labute approximate surface area is 54.3 Å². The molecule has 1 rings (SSSR count). The molecule has 0 aromatic rings. The van der Waals surface area contributed by atoms with Gasteiger partial charge in [0.2, 0.25) is 5.90 Å². The van der Waals surface area contributed by atoms with Gasteiger partial charge in [-0.3, -0.25) is 0 Å². The van der Waals surface area contributed by atoms with Crippen LogP contribution in [0.1, 0.15) is 25.7 Å².